The number of benzene rings is 1. The topological polar surface area (TPSA) is 58.2 Å². The van der Waals surface area contributed by atoms with Gasteiger partial charge in [-0.3, -0.25) is 9.59 Å². The Morgan fingerprint density at radius 3 is 2.57 bits per heavy atom. The van der Waals surface area contributed by atoms with Gasteiger partial charge in [-0.05, 0) is 36.1 Å². The highest BCUT2D eigenvalue weighted by atomic mass is 19.3. The first kappa shape index (κ1) is 17.1. The van der Waals surface area contributed by atoms with E-state index in [2.05, 4.69) is 17.2 Å². The fourth-order valence-corrected chi connectivity index (χ4v) is 2.62. The van der Waals surface area contributed by atoms with E-state index in [-0.39, 0.29) is 37.0 Å². The molecule has 1 aromatic rings. The summed E-state index contributed by atoms with van der Waals surface area (Å²) in [5.41, 5.74) is 1.41. The average molecular weight is 322 g/mol. The summed E-state index contributed by atoms with van der Waals surface area (Å²) in [5, 5.41) is 5.33. The summed E-state index contributed by atoms with van der Waals surface area (Å²) < 4.78 is 26.1. The Balaban J connectivity index is 1.77. The third kappa shape index (κ3) is 5.47. The number of carbonyl (C=O) groups is 2. The van der Waals surface area contributed by atoms with Crippen LogP contribution in [0, 0.1) is 5.92 Å². The van der Waals surface area contributed by atoms with Crippen molar-refractivity contribution in [3.05, 3.63) is 42.5 Å². The molecule has 0 bridgehead atoms. The number of rotatable bonds is 6. The van der Waals surface area contributed by atoms with Crippen molar-refractivity contribution in [3.8, 4) is 0 Å². The zero-order valence-electron chi connectivity index (χ0n) is 12.8. The van der Waals surface area contributed by atoms with Gasteiger partial charge in [-0.15, -0.1) is 0 Å². The van der Waals surface area contributed by atoms with Crippen molar-refractivity contribution in [2.75, 3.05) is 11.9 Å². The average Bonchev–Trinajstić information content (AvgIpc) is 2.86. The molecule has 4 nitrogen and oxygen atoms in total. The highest BCUT2D eigenvalue weighted by Gasteiger charge is 2.39. The van der Waals surface area contributed by atoms with Crippen molar-refractivity contribution in [1.82, 2.24) is 5.32 Å². The summed E-state index contributed by atoms with van der Waals surface area (Å²) in [6, 6.07) is 6.87. The van der Waals surface area contributed by atoms with Crippen LogP contribution < -0.4 is 10.6 Å². The smallest absolute Gasteiger partial charge is 0.248 e. The Labute approximate surface area is 134 Å². The van der Waals surface area contributed by atoms with E-state index >= 15 is 0 Å². The maximum absolute atomic E-state index is 13.1. The number of hydrogen-bond donors (Lipinski definition) is 2. The van der Waals surface area contributed by atoms with Gasteiger partial charge in [0.15, 0.2) is 0 Å². The molecule has 124 valence electrons. The van der Waals surface area contributed by atoms with E-state index < -0.39 is 5.92 Å². The maximum Gasteiger partial charge on any atom is 0.248 e. The molecule has 1 saturated carbocycles. The minimum atomic E-state index is -2.58. The van der Waals surface area contributed by atoms with Crippen LogP contribution in [0.4, 0.5) is 14.5 Å². The molecule has 1 aromatic carbocycles. The largest absolute Gasteiger partial charge is 0.356 e. The monoisotopic (exact) mass is 322 g/mol. The SMILES string of the molecule is C=CC(=O)Nc1ccc(CC(=O)NCC2CCC(F)(F)C2)cc1. The summed E-state index contributed by atoms with van der Waals surface area (Å²) in [7, 11) is 0. The molecule has 1 aliphatic rings. The Kier molecular flexibility index (Phi) is 5.47. The highest BCUT2D eigenvalue weighted by molar-refractivity contribution is 5.98. The predicted molar refractivity (Wildman–Crippen MR) is 84.3 cm³/mol. The lowest BCUT2D eigenvalue weighted by atomic mass is 10.1. The van der Waals surface area contributed by atoms with E-state index in [1.807, 2.05) is 0 Å². The van der Waals surface area contributed by atoms with Gasteiger partial charge in [-0.2, -0.15) is 0 Å². The van der Waals surface area contributed by atoms with E-state index in [1.165, 1.54) is 6.08 Å². The van der Waals surface area contributed by atoms with Crippen molar-refractivity contribution in [3.63, 3.8) is 0 Å². The van der Waals surface area contributed by atoms with Gasteiger partial charge in [0.25, 0.3) is 0 Å². The third-order valence-electron chi connectivity index (χ3n) is 3.87. The summed E-state index contributed by atoms with van der Waals surface area (Å²) in [6.45, 7) is 3.66. The molecular formula is C17H20F2N2O2. The van der Waals surface area contributed by atoms with Crippen molar-refractivity contribution in [2.45, 2.75) is 31.6 Å². The fourth-order valence-electron chi connectivity index (χ4n) is 2.62. The van der Waals surface area contributed by atoms with Crippen molar-refractivity contribution in [2.24, 2.45) is 5.92 Å². The molecule has 1 unspecified atom stereocenters. The number of alkyl halides is 2. The molecule has 0 aliphatic heterocycles. The summed E-state index contributed by atoms with van der Waals surface area (Å²) in [4.78, 5) is 23.0. The second-order valence-electron chi connectivity index (χ2n) is 5.84. The van der Waals surface area contributed by atoms with Crippen molar-refractivity contribution in [1.29, 1.82) is 0 Å². The molecule has 23 heavy (non-hydrogen) atoms. The fraction of sp³-hybridized carbons (Fsp3) is 0.412. The summed E-state index contributed by atoms with van der Waals surface area (Å²) in [5.74, 6) is -3.22. The van der Waals surface area contributed by atoms with Crippen LogP contribution in [0.1, 0.15) is 24.8 Å². The molecule has 0 spiro atoms. The van der Waals surface area contributed by atoms with Crippen LogP contribution in [0.3, 0.4) is 0 Å². The number of nitrogens with one attached hydrogen (secondary N) is 2. The first-order valence-electron chi connectivity index (χ1n) is 7.55. The van der Waals surface area contributed by atoms with Gasteiger partial charge in [0, 0.05) is 25.1 Å². The molecule has 1 fully saturated rings. The van der Waals surface area contributed by atoms with Crippen LogP contribution in [-0.4, -0.2) is 24.3 Å². The van der Waals surface area contributed by atoms with E-state index in [4.69, 9.17) is 0 Å². The van der Waals surface area contributed by atoms with Crippen LogP contribution in [0.5, 0.6) is 0 Å². The normalized spacial score (nSPS) is 19.1. The quantitative estimate of drug-likeness (QED) is 0.791. The molecule has 6 heteroatoms. The standard InChI is InChI=1S/C17H20F2N2O2/c1-2-15(22)21-14-5-3-12(4-6-14)9-16(23)20-11-13-7-8-17(18,19)10-13/h2-6,13H,1,7-11H2,(H,20,23)(H,21,22). The number of hydrogen-bond acceptors (Lipinski definition) is 2. The van der Waals surface area contributed by atoms with Crippen LogP contribution in [0.15, 0.2) is 36.9 Å². The van der Waals surface area contributed by atoms with Gasteiger partial charge in [-0.1, -0.05) is 18.7 Å². The van der Waals surface area contributed by atoms with E-state index in [0.29, 0.717) is 18.7 Å². The molecule has 0 heterocycles. The minimum absolute atomic E-state index is 0.0918. The van der Waals surface area contributed by atoms with Crippen molar-refractivity contribution < 1.29 is 18.4 Å². The molecule has 2 rings (SSSR count). The molecule has 0 radical (unpaired) electrons. The summed E-state index contributed by atoms with van der Waals surface area (Å²) >= 11 is 0. The number of halogens is 2. The maximum atomic E-state index is 13.1. The number of carbonyl (C=O) groups excluding carboxylic acids is 2. The lowest BCUT2D eigenvalue weighted by Crippen LogP contribution is -2.30. The van der Waals surface area contributed by atoms with Gasteiger partial charge in [0.1, 0.15) is 0 Å². The van der Waals surface area contributed by atoms with Gasteiger partial charge in [-0.25, -0.2) is 8.78 Å². The summed E-state index contributed by atoms with van der Waals surface area (Å²) in [6.07, 6.45) is 1.56. The van der Waals surface area contributed by atoms with Crippen LogP contribution in [0.2, 0.25) is 0 Å². The zero-order chi connectivity index (χ0) is 16.9. The molecule has 0 saturated heterocycles. The molecular weight excluding hydrogens is 302 g/mol. The van der Waals surface area contributed by atoms with Crippen LogP contribution >= 0.6 is 0 Å². The Morgan fingerprint density at radius 1 is 1.30 bits per heavy atom. The van der Waals surface area contributed by atoms with Gasteiger partial charge >= 0.3 is 0 Å². The van der Waals surface area contributed by atoms with Crippen LogP contribution in [-0.2, 0) is 16.0 Å². The first-order valence-corrected chi connectivity index (χ1v) is 7.55. The third-order valence-corrected chi connectivity index (χ3v) is 3.87. The van der Waals surface area contributed by atoms with E-state index in [1.54, 1.807) is 24.3 Å². The number of amides is 2. The lowest BCUT2D eigenvalue weighted by Gasteiger charge is -2.12. The predicted octanol–water partition coefficient (Wildman–Crippen LogP) is 2.91. The molecule has 0 aromatic heterocycles. The van der Waals surface area contributed by atoms with Gasteiger partial charge < -0.3 is 10.6 Å². The van der Waals surface area contributed by atoms with Crippen LogP contribution in [0.25, 0.3) is 0 Å². The zero-order valence-corrected chi connectivity index (χ0v) is 12.8. The lowest BCUT2D eigenvalue weighted by molar-refractivity contribution is -0.120. The van der Waals surface area contributed by atoms with Crippen molar-refractivity contribution >= 4 is 17.5 Å². The van der Waals surface area contributed by atoms with Gasteiger partial charge in [0.05, 0.1) is 6.42 Å². The minimum Gasteiger partial charge on any atom is -0.356 e. The Morgan fingerprint density at radius 2 is 2.00 bits per heavy atom. The molecule has 1 atom stereocenters. The molecule has 2 N–H and O–H groups in total. The Hall–Kier alpha value is -2.24. The second-order valence-corrected chi connectivity index (χ2v) is 5.84. The van der Waals surface area contributed by atoms with E-state index in [0.717, 1.165) is 5.56 Å². The Bertz CT molecular complexity index is 585. The molecule has 2 amide bonds. The second kappa shape index (κ2) is 7.35. The number of anilines is 1. The van der Waals surface area contributed by atoms with Gasteiger partial charge in [0.2, 0.25) is 17.7 Å². The first-order chi connectivity index (χ1) is 10.9. The van der Waals surface area contributed by atoms with E-state index in [9.17, 15) is 18.4 Å². The molecule has 1 aliphatic carbocycles. The highest BCUT2D eigenvalue weighted by Crippen LogP contribution is 2.38.